The van der Waals surface area contributed by atoms with E-state index < -0.39 is 5.97 Å². The van der Waals surface area contributed by atoms with Gasteiger partial charge in [0.2, 0.25) is 5.16 Å². The second-order valence-corrected chi connectivity index (χ2v) is 5.27. The van der Waals surface area contributed by atoms with Gasteiger partial charge >= 0.3 is 5.97 Å². The number of thioether (sulfide) groups is 1. The molecule has 1 aromatic heterocycles. The Kier molecular flexibility index (Phi) is 5.11. The third kappa shape index (κ3) is 3.80. The molecule has 1 aromatic carbocycles. The van der Waals surface area contributed by atoms with Gasteiger partial charge in [-0.15, -0.1) is 5.10 Å². The molecule has 0 aliphatic carbocycles. The zero-order valence-corrected chi connectivity index (χ0v) is 12.0. The molecule has 0 saturated heterocycles. The van der Waals surface area contributed by atoms with Crippen LogP contribution >= 0.6 is 11.8 Å². The molecule has 0 atom stereocenters. The summed E-state index contributed by atoms with van der Waals surface area (Å²) in [6.07, 6.45) is 3.40. The van der Waals surface area contributed by atoms with E-state index in [9.17, 15) is 4.79 Å². The summed E-state index contributed by atoms with van der Waals surface area (Å²) >= 11 is 1.10. The molecule has 0 radical (unpaired) electrons. The summed E-state index contributed by atoms with van der Waals surface area (Å²) in [6.45, 7) is 2.17. The molecule has 0 spiro atoms. The molecular formula is C13H16N4O2S. The molecule has 0 amide bonds. The highest BCUT2D eigenvalue weighted by Gasteiger charge is 2.10. The second-order valence-electron chi connectivity index (χ2n) is 4.33. The first-order valence-corrected chi connectivity index (χ1v) is 7.41. The van der Waals surface area contributed by atoms with Gasteiger partial charge in [-0.1, -0.05) is 37.2 Å². The normalized spacial score (nSPS) is 10.7. The minimum absolute atomic E-state index is 0.0606. The van der Waals surface area contributed by atoms with Gasteiger partial charge in [-0.25, -0.2) is 0 Å². The van der Waals surface area contributed by atoms with E-state index in [0.717, 1.165) is 23.9 Å². The fraction of sp³-hybridized carbons (Fsp3) is 0.385. The Balaban J connectivity index is 2.11. The number of tetrazole rings is 1. The van der Waals surface area contributed by atoms with Gasteiger partial charge in [-0.05, 0) is 41.0 Å². The Morgan fingerprint density at radius 1 is 1.35 bits per heavy atom. The Hall–Kier alpha value is -1.89. The lowest BCUT2D eigenvalue weighted by atomic mass is 10.1. The van der Waals surface area contributed by atoms with Crippen molar-refractivity contribution in [2.24, 2.45) is 0 Å². The summed E-state index contributed by atoms with van der Waals surface area (Å²) in [6, 6.07) is 8.01. The van der Waals surface area contributed by atoms with Crippen LogP contribution in [0.5, 0.6) is 0 Å². The highest BCUT2D eigenvalue weighted by molar-refractivity contribution is 7.99. The number of carbonyl (C=O) groups is 1. The molecule has 20 heavy (non-hydrogen) atoms. The summed E-state index contributed by atoms with van der Waals surface area (Å²) in [5.74, 6) is -0.950. The van der Waals surface area contributed by atoms with Crippen molar-refractivity contribution in [3.8, 4) is 5.69 Å². The first-order valence-electron chi connectivity index (χ1n) is 6.43. The first kappa shape index (κ1) is 14.5. The molecule has 7 heteroatoms. The summed E-state index contributed by atoms with van der Waals surface area (Å²) in [7, 11) is 0. The van der Waals surface area contributed by atoms with Gasteiger partial charge in [0.25, 0.3) is 0 Å². The van der Waals surface area contributed by atoms with E-state index in [1.54, 1.807) is 4.68 Å². The maximum absolute atomic E-state index is 10.6. The number of aryl methyl sites for hydroxylation is 1. The third-order valence-electron chi connectivity index (χ3n) is 2.77. The summed E-state index contributed by atoms with van der Waals surface area (Å²) in [5, 5.41) is 20.5. The van der Waals surface area contributed by atoms with Gasteiger partial charge in [-0.2, -0.15) is 4.68 Å². The van der Waals surface area contributed by atoms with Crippen molar-refractivity contribution >= 4 is 17.7 Å². The van der Waals surface area contributed by atoms with Gasteiger partial charge in [0.15, 0.2) is 0 Å². The zero-order valence-electron chi connectivity index (χ0n) is 11.2. The molecule has 2 rings (SSSR count). The summed E-state index contributed by atoms with van der Waals surface area (Å²) in [5.41, 5.74) is 2.12. The van der Waals surface area contributed by atoms with Gasteiger partial charge in [0.05, 0.1) is 11.4 Å². The van der Waals surface area contributed by atoms with E-state index >= 15 is 0 Å². The monoisotopic (exact) mass is 292 g/mol. The molecule has 1 N–H and O–H groups in total. The number of benzene rings is 1. The number of rotatable bonds is 7. The van der Waals surface area contributed by atoms with Gasteiger partial charge < -0.3 is 5.11 Å². The second kappa shape index (κ2) is 7.04. The van der Waals surface area contributed by atoms with Crippen molar-refractivity contribution in [3.05, 3.63) is 29.8 Å². The maximum atomic E-state index is 10.6. The Morgan fingerprint density at radius 3 is 2.75 bits per heavy atom. The predicted octanol–water partition coefficient (Wildman–Crippen LogP) is 2.18. The number of hydrogen-bond acceptors (Lipinski definition) is 5. The van der Waals surface area contributed by atoms with Crippen molar-refractivity contribution < 1.29 is 9.90 Å². The summed E-state index contributed by atoms with van der Waals surface area (Å²) < 4.78 is 1.55. The molecule has 6 nitrogen and oxygen atoms in total. The van der Waals surface area contributed by atoms with E-state index in [4.69, 9.17) is 5.11 Å². The van der Waals surface area contributed by atoms with Crippen molar-refractivity contribution in [1.29, 1.82) is 0 Å². The van der Waals surface area contributed by atoms with Crippen LogP contribution in [0.2, 0.25) is 0 Å². The lowest BCUT2D eigenvalue weighted by molar-refractivity contribution is -0.133. The van der Waals surface area contributed by atoms with E-state index in [-0.39, 0.29) is 5.75 Å². The number of aliphatic carboxylic acids is 1. The van der Waals surface area contributed by atoms with Crippen molar-refractivity contribution in [2.45, 2.75) is 31.3 Å². The van der Waals surface area contributed by atoms with Crippen LogP contribution in [0.3, 0.4) is 0 Å². The van der Waals surface area contributed by atoms with Gasteiger partial charge in [0, 0.05) is 0 Å². The molecule has 0 fully saturated rings. The number of nitrogens with zero attached hydrogens (tertiary/aromatic N) is 4. The highest BCUT2D eigenvalue weighted by Crippen LogP contribution is 2.18. The van der Waals surface area contributed by atoms with Gasteiger partial charge in [0.1, 0.15) is 0 Å². The standard InChI is InChI=1S/C13H16N4O2S/c1-2-3-4-10-5-7-11(8-6-10)17-13(14-15-16-17)20-9-12(18)19/h5-8H,2-4,9H2,1H3,(H,18,19). The van der Waals surface area contributed by atoms with Crippen LogP contribution in [0.15, 0.2) is 29.4 Å². The fourth-order valence-electron chi connectivity index (χ4n) is 1.74. The average molecular weight is 292 g/mol. The van der Waals surface area contributed by atoms with E-state index in [1.807, 2.05) is 12.1 Å². The van der Waals surface area contributed by atoms with Crippen LogP contribution in [0.4, 0.5) is 0 Å². The Labute approximate surface area is 121 Å². The van der Waals surface area contributed by atoms with Crippen LogP contribution < -0.4 is 0 Å². The predicted molar refractivity (Wildman–Crippen MR) is 76.1 cm³/mol. The molecule has 0 bridgehead atoms. The molecule has 106 valence electrons. The molecular weight excluding hydrogens is 276 g/mol. The van der Waals surface area contributed by atoms with Crippen molar-refractivity contribution in [1.82, 2.24) is 20.2 Å². The molecule has 0 unspecified atom stereocenters. The smallest absolute Gasteiger partial charge is 0.313 e. The quantitative estimate of drug-likeness (QED) is 0.788. The van der Waals surface area contributed by atoms with E-state index in [0.29, 0.717) is 5.16 Å². The number of carboxylic acids is 1. The lowest BCUT2D eigenvalue weighted by Gasteiger charge is -2.05. The van der Waals surface area contributed by atoms with Crippen molar-refractivity contribution in [2.75, 3.05) is 5.75 Å². The lowest BCUT2D eigenvalue weighted by Crippen LogP contribution is -2.03. The largest absolute Gasteiger partial charge is 0.481 e. The molecule has 2 aromatic rings. The average Bonchev–Trinajstić information content (AvgIpc) is 2.92. The van der Waals surface area contributed by atoms with Crippen LogP contribution in [0.1, 0.15) is 25.3 Å². The summed E-state index contributed by atoms with van der Waals surface area (Å²) in [4.78, 5) is 10.6. The highest BCUT2D eigenvalue weighted by atomic mass is 32.2. The SMILES string of the molecule is CCCCc1ccc(-n2nnnc2SCC(=O)O)cc1. The minimum atomic E-state index is -0.889. The topological polar surface area (TPSA) is 80.9 Å². The van der Waals surface area contributed by atoms with Crippen LogP contribution in [-0.4, -0.2) is 37.0 Å². The zero-order chi connectivity index (χ0) is 14.4. The number of unbranched alkanes of at least 4 members (excludes halogenated alkanes) is 1. The molecule has 1 heterocycles. The van der Waals surface area contributed by atoms with E-state index in [2.05, 4.69) is 34.6 Å². The molecule has 0 aliphatic rings. The maximum Gasteiger partial charge on any atom is 0.313 e. The Morgan fingerprint density at radius 2 is 2.10 bits per heavy atom. The Bertz CT molecular complexity index is 568. The van der Waals surface area contributed by atoms with Crippen LogP contribution in [-0.2, 0) is 11.2 Å². The van der Waals surface area contributed by atoms with Crippen LogP contribution in [0.25, 0.3) is 5.69 Å². The van der Waals surface area contributed by atoms with Crippen molar-refractivity contribution in [3.63, 3.8) is 0 Å². The number of hydrogen-bond donors (Lipinski definition) is 1. The van der Waals surface area contributed by atoms with Crippen LogP contribution in [0, 0.1) is 0 Å². The number of aromatic nitrogens is 4. The molecule has 0 saturated carbocycles. The fourth-order valence-corrected chi connectivity index (χ4v) is 2.35. The number of carboxylic acid groups (broad SMARTS) is 1. The van der Waals surface area contributed by atoms with E-state index in [1.165, 1.54) is 18.4 Å². The van der Waals surface area contributed by atoms with Gasteiger partial charge in [-0.3, -0.25) is 4.79 Å². The minimum Gasteiger partial charge on any atom is -0.481 e. The first-order chi connectivity index (χ1) is 9.70. The molecule has 0 aliphatic heterocycles. The third-order valence-corrected chi connectivity index (χ3v) is 3.67.